The summed E-state index contributed by atoms with van der Waals surface area (Å²) >= 11 is 5.85. The Morgan fingerprint density at radius 2 is 2.06 bits per heavy atom. The number of aromatic nitrogens is 1. The average molecular weight is 258 g/mol. The Balaban J connectivity index is 3.06. The molecule has 2 atom stereocenters. The molecule has 0 aliphatic rings. The minimum absolute atomic E-state index is 0.0175. The first kappa shape index (κ1) is 14.3. The first-order valence-electron chi connectivity index (χ1n) is 5.76. The van der Waals surface area contributed by atoms with Crippen molar-refractivity contribution < 1.29 is 9.53 Å². The van der Waals surface area contributed by atoms with Crippen LogP contribution in [0.15, 0.2) is 6.07 Å². The number of ether oxygens (including phenoxy) is 1. The maximum Gasteiger partial charge on any atom is 0.182 e. The molecular weight excluding hydrogens is 238 g/mol. The zero-order valence-electron chi connectivity index (χ0n) is 11.1. The van der Waals surface area contributed by atoms with Crippen LogP contribution in [0, 0.1) is 13.8 Å². The number of carbonyl (C=O) groups is 1. The van der Waals surface area contributed by atoms with E-state index in [4.69, 9.17) is 16.3 Å². The molecule has 0 bridgehead atoms. The summed E-state index contributed by atoms with van der Waals surface area (Å²) < 4.78 is 7.35. The number of carbonyl (C=O) groups excluding carboxylic acids is 1. The molecule has 2 unspecified atom stereocenters. The molecule has 0 aliphatic heterocycles. The molecule has 0 aliphatic carbocycles. The van der Waals surface area contributed by atoms with Crippen LogP contribution in [0.2, 0.25) is 0 Å². The zero-order chi connectivity index (χ0) is 13.2. The van der Waals surface area contributed by atoms with Gasteiger partial charge in [0.25, 0.3) is 0 Å². The highest BCUT2D eigenvalue weighted by molar-refractivity contribution is 6.33. The van der Waals surface area contributed by atoms with E-state index < -0.39 is 5.38 Å². The van der Waals surface area contributed by atoms with Crippen LogP contribution in [0.3, 0.4) is 0 Å². The van der Waals surface area contributed by atoms with Crippen LogP contribution in [0.25, 0.3) is 0 Å². The molecule has 0 spiro atoms. The van der Waals surface area contributed by atoms with Gasteiger partial charge in [0, 0.05) is 30.6 Å². The number of alkyl halides is 1. The van der Waals surface area contributed by atoms with Gasteiger partial charge in [-0.25, -0.2) is 0 Å². The molecule has 0 N–H and O–H groups in total. The second-order valence-electron chi connectivity index (χ2n) is 4.42. The molecule has 0 saturated heterocycles. The van der Waals surface area contributed by atoms with E-state index in [9.17, 15) is 4.79 Å². The fourth-order valence-corrected chi connectivity index (χ4v) is 1.99. The van der Waals surface area contributed by atoms with Gasteiger partial charge >= 0.3 is 0 Å². The first-order chi connectivity index (χ1) is 7.88. The van der Waals surface area contributed by atoms with Gasteiger partial charge in [-0.1, -0.05) is 0 Å². The first-order valence-corrected chi connectivity index (χ1v) is 6.20. The third kappa shape index (κ3) is 3.11. The monoisotopic (exact) mass is 257 g/mol. The number of methoxy groups -OCH3 is 1. The standard InChI is InChI=1S/C13H20ClNO2/c1-8-6-12(13(16)10(3)14)11(4)15(8)7-9(2)17-5/h6,9-10H,7H2,1-5H3. The highest BCUT2D eigenvalue weighted by Crippen LogP contribution is 2.19. The predicted molar refractivity (Wildman–Crippen MR) is 70.0 cm³/mol. The summed E-state index contributed by atoms with van der Waals surface area (Å²) in [5.41, 5.74) is 2.74. The molecule has 0 aromatic carbocycles. The predicted octanol–water partition coefficient (Wildman–Crippen LogP) is 2.95. The quantitative estimate of drug-likeness (QED) is 0.600. The van der Waals surface area contributed by atoms with Gasteiger partial charge in [0.2, 0.25) is 0 Å². The molecule has 4 heteroatoms. The molecule has 1 aromatic heterocycles. The van der Waals surface area contributed by atoms with E-state index in [1.165, 1.54) is 0 Å². The Labute approximate surface area is 108 Å². The van der Waals surface area contributed by atoms with Crippen molar-refractivity contribution in [2.45, 2.75) is 45.7 Å². The van der Waals surface area contributed by atoms with Crippen molar-refractivity contribution in [1.82, 2.24) is 4.57 Å². The van der Waals surface area contributed by atoms with E-state index in [2.05, 4.69) is 4.57 Å². The topological polar surface area (TPSA) is 31.2 Å². The fourth-order valence-electron chi connectivity index (χ4n) is 1.88. The highest BCUT2D eigenvalue weighted by atomic mass is 35.5. The summed E-state index contributed by atoms with van der Waals surface area (Å²) in [7, 11) is 1.69. The Morgan fingerprint density at radius 1 is 1.47 bits per heavy atom. The lowest BCUT2D eigenvalue weighted by Crippen LogP contribution is -2.17. The molecule has 17 heavy (non-hydrogen) atoms. The van der Waals surface area contributed by atoms with Crippen molar-refractivity contribution in [3.8, 4) is 0 Å². The van der Waals surface area contributed by atoms with E-state index in [0.717, 1.165) is 17.9 Å². The van der Waals surface area contributed by atoms with Crippen molar-refractivity contribution in [3.63, 3.8) is 0 Å². The van der Waals surface area contributed by atoms with Gasteiger partial charge in [0.1, 0.15) is 0 Å². The molecule has 1 rings (SSSR count). The van der Waals surface area contributed by atoms with Crippen molar-refractivity contribution in [1.29, 1.82) is 0 Å². The van der Waals surface area contributed by atoms with Gasteiger partial charge in [0.05, 0.1) is 11.5 Å². The largest absolute Gasteiger partial charge is 0.380 e. The summed E-state index contributed by atoms with van der Waals surface area (Å²) in [4.78, 5) is 11.9. The van der Waals surface area contributed by atoms with Crippen molar-refractivity contribution in [3.05, 3.63) is 23.0 Å². The SMILES string of the molecule is COC(C)Cn1c(C)cc(C(=O)C(C)Cl)c1C. The van der Waals surface area contributed by atoms with Gasteiger partial charge in [-0.15, -0.1) is 11.6 Å². The van der Waals surface area contributed by atoms with Crippen LogP contribution >= 0.6 is 11.6 Å². The minimum Gasteiger partial charge on any atom is -0.380 e. The van der Waals surface area contributed by atoms with Gasteiger partial charge in [-0.05, 0) is 33.8 Å². The normalized spacial score (nSPS) is 14.7. The summed E-state index contributed by atoms with van der Waals surface area (Å²) in [6.07, 6.45) is 0.121. The van der Waals surface area contributed by atoms with Crippen LogP contribution < -0.4 is 0 Å². The Kier molecular flexibility index (Phi) is 4.78. The molecule has 3 nitrogen and oxygen atoms in total. The van der Waals surface area contributed by atoms with Crippen molar-refractivity contribution >= 4 is 17.4 Å². The van der Waals surface area contributed by atoms with E-state index in [1.807, 2.05) is 26.8 Å². The van der Waals surface area contributed by atoms with Crippen LogP contribution in [0.5, 0.6) is 0 Å². The molecule has 1 aromatic rings. The number of hydrogen-bond donors (Lipinski definition) is 0. The van der Waals surface area contributed by atoms with E-state index in [0.29, 0.717) is 5.56 Å². The zero-order valence-corrected chi connectivity index (χ0v) is 11.8. The maximum absolute atomic E-state index is 11.9. The number of nitrogens with zero attached hydrogens (tertiary/aromatic N) is 1. The summed E-state index contributed by atoms with van der Waals surface area (Å²) in [6.45, 7) is 8.39. The van der Waals surface area contributed by atoms with Gasteiger partial charge in [-0.3, -0.25) is 4.79 Å². The second-order valence-corrected chi connectivity index (χ2v) is 5.08. The number of rotatable bonds is 5. The number of ketones is 1. The molecule has 0 fully saturated rings. The molecule has 0 saturated carbocycles. The maximum atomic E-state index is 11.9. The third-order valence-electron chi connectivity index (χ3n) is 3.04. The average Bonchev–Trinajstić information content (AvgIpc) is 2.55. The Hall–Kier alpha value is -0.800. The number of Topliss-reactive ketones (excluding diaryl/α,β-unsaturated/α-hetero) is 1. The summed E-state index contributed by atoms with van der Waals surface area (Å²) in [5, 5.41) is -0.483. The third-order valence-corrected chi connectivity index (χ3v) is 3.24. The van der Waals surface area contributed by atoms with Gasteiger partial charge in [-0.2, -0.15) is 0 Å². The Bertz CT molecular complexity index is 410. The molecule has 0 radical (unpaired) electrons. The number of hydrogen-bond acceptors (Lipinski definition) is 2. The smallest absolute Gasteiger partial charge is 0.182 e. The summed E-state index contributed by atoms with van der Waals surface area (Å²) in [6, 6.07) is 1.90. The number of halogens is 1. The highest BCUT2D eigenvalue weighted by Gasteiger charge is 2.19. The van der Waals surface area contributed by atoms with Gasteiger partial charge in [0.15, 0.2) is 5.78 Å². The fraction of sp³-hybridized carbons (Fsp3) is 0.615. The van der Waals surface area contributed by atoms with E-state index in [-0.39, 0.29) is 11.9 Å². The van der Waals surface area contributed by atoms with Gasteiger partial charge < -0.3 is 9.30 Å². The lowest BCUT2D eigenvalue weighted by molar-refractivity contribution is 0.0983. The lowest BCUT2D eigenvalue weighted by Gasteiger charge is -2.14. The Morgan fingerprint density at radius 3 is 2.53 bits per heavy atom. The molecule has 1 heterocycles. The minimum atomic E-state index is -0.483. The van der Waals surface area contributed by atoms with Crippen LogP contribution in [0.1, 0.15) is 35.6 Å². The second kappa shape index (κ2) is 5.69. The van der Waals surface area contributed by atoms with Crippen molar-refractivity contribution in [2.24, 2.45) is 0 Å². The number of aryl methyl sites for hydroxylation is 1. The lowest BCUT2D eigenvalue weighted by atomic mass is 10.1. The summed E-state index contributed by atoms with van der Waals surface area (Å²) in [5.74, 6) is -0.0175. The van der Waals surface area contributed by atoms with Crippen LogP contribution in [-0.2, 0) is 11.3 Å². The molecule has 96 valence electrons. The molecular formula is C13H20ClNO2. The van der Waals surface area contributed by atoms with E-state index >= 15 is 0 Å². The van der Waals surface area contributed by atoms with Crippen LogP contribution in [0.4, 0.5) is 0 Å². The van der Waals surface area contributed by atoms with E-state index in [1.54, 1.807) is 14.0 Å². The molecule has 0 amide bonds. The van der Waals surface area contributed by atoms with Crippen molar-refractivity contribution in [2.75, 3.05) is 7.11 Å². The van der Waals surface area contributed by atoms with Crippen LogP contribution in [-0.4, -0.2) is 28.9 Å².